The number of nitrogens with two attached hydrogens (primary N) is 3. The van der Waals surface area contributed by atoms with Gasteiger partial charge in [-0.05, 0) is 64.0 Å². The van der Waals surface area contributed by atoms with E-state index in [0.717, 1.165) is 13.0 Å². The summed E-state index contributed by atoms with van der Waals surface area (Å²) < 4.78 is 0. The van der Waals surface area contributed by atoms with Gasteiger partial charge in [-0.15, -0.1) is 0 Å². The molecule has 5 atom stereocenters. The Hall–Kier alpha value is -2.93. The Morgan fingerprint density at radius 2 is 1.72 bits per heavy atom. The number of guanidine groups is 1. The van der Waals surface area contributed by atoms with Crippen molar-refractivity contribution >= 4 is 29.7 Å². The van der Waals surface area contributed by atoms with Crippen LogP contribution in [0.3, 0.4) is 0 Å². The van der Waals surface area contributed by atoms with Gasteiger partial charge in [-0.25, -0.2) is 4.79 Å². The lowest BCUT2D eigenvalue weighted by molar-refractivity contribution is -0.143. The maximum atomic E-state index is 13.2. The van der Waals surface area contributed by atoms with Crippen LogP contribution in [0.25, 0.3) is 0 Å². The zero-order valence-corrected chi connectivity index (χ0v) is 21.4. The molecule has 5 unspecified atom stereocenters. The summed E-state index contributed by atoms with van der Waals surface area (Å²) in [5.41, 5.74) is 16.2. The average Bonchev–Trinajstić information content (AvgIpc) is 3.38. The molecule has 13 heteroatoms. The van der Waals surface area contributed by atoms with Gasteiger partial charge in [0.05, 0.1) is 6.04 Å². The predicted molar refractivity (Wildman–Crippen MR) is 137 cm³/mol. The second-order valence-electron chi connectivity index (χ2n) is 9.21. The lowest BCUT2D eigenvalue weighted by atomic mass is 9.96. The zero-order valence-electron chi connectivity index (χ0n) is 21.4. The number of carboxylic acids is 1. The molecular formula is C23H44N8O5. The molecule has 11 N–H and O–H groups in total. The first-order valence-corrected chi connectivity index (χ1v) is 12.7. The Morgan fingerprint density at radius 3 is 2.28 bits per heavy atom. The van der Waals surface area contributed by atoms with Crippen LogP contribution in [0.5, 0.6) is 0 Å². The van der Waals surface area contributed by atoms with Crippen molar-refractivity contribution < 1.29 is 24.3 Å². The van der Waals surface area contributed by atoms with Gasteiger partial charge in [0.2, 0.25) is 17.7 Å². The third kappa shape index (κ3) is 11.2. The van der Waals surface area contributed by atoms with Crippen molar-refractivity contribution in [2.24, 2.45) is 28.1 Å². The third-order valence-electron chi connectivity index (χ3n) is 6.31. The summed E-state index contributed by atoms with van der Waals surface area (Å²) in [5, 5.41) is 20.7. The summed E-state index contributed by atoms with van der Waals surface area (Å²) in [6, 6.07) is -3.35. The molecule has 0 saturated carbocycles. The lowest BCUT2D eigenvalue weighted by Gasteiger charge is -2.28. The molecule has 1 heterocycles. The molecule has 0 spiro atoms. The van der Waals surface area contributed by atoms with Gasteiger partial charge in [-0.3, -0.25) is 19.4 Å². The molecule has 3 amide bonds. The fourth-order valence-corrected chi connectivity index (χ4v) is 3.92. The average molecular weight is 513 g/mol. The Morgan fingerprint density at radius 1 is 1.03 bits per heavy atom. The van der Waals surface area contributed by atoms with Crippen LogP contribution in [-0.2, 0) is 19.2 Å². The third-order valence-corrected chi connectivity index (χ3v) is 6.31. The molecule has 1 saturated heterocycles. The van der Waals surface area contributed by atoms with Crippen LogP contribution >= 0.6 is 0 Å². The first kappa shape index (κ1) is 31.1. The van der Waals surface area contributed by atoms with E-state index in [1.807, 2.05) is 6.92 Å². The molecule has 0 bridgehead atoms. The summed E-state index contributed by atoms with van der Waals surface area (Å²) in [6.07, 6.45) is 4.21. The monoisotopic (exact) mass is 512 g/mol. The van der Waals surface area contributed by atoms with E-state index in [2.05, 4.69) is 26.3 Å². The van der Waals surface area contributed by atoms with Crippen molar-refractivity contribution in [2.75, 3.05) is 19.6 Å². The molecule has 36 heavy (non-hydrogen) atoms. The van der Waals surface area contributed by atoms with Gasteiger partial charge in [0, 0.05) is 6.54 Å². The molecule has 0 aromatic rings. The molecule has 1 aliphatic rings. The standard InChI is InChI=1S/C23H44N8O5/c1-3-14(2)18(21(34)30-17(22(35)36)8-4-5-11-24)31-20(33)16(10-7-13-28-23(25)26)29-19(32)15-9-6-12-27-15/h14-18,27H,3-13,24H2,1-2H3,(H,29,32)(H,30,34)(H,31,33)(H,35,36)(H4,25,26,28). The first-order chi connectivity index (χ1) is 17.1. The van der Waals surface area contributed by atoms with Crippen LogP contribution in [-0.4, -0.2) is 78.6 Å². The summed E-state index contributed by atoms with van der Waals surface area (Å²) in [6.45, 7) is 5.10. The maximum Gasteiger partial charge on any atom is 0.326 e. The fraction of sp³-hybridized carbons (Fsp3) is 0.783. The molecule has 1 rings (SSSR count). The van der Waals surface area contributed by atoms with Crippen molar-refractivity contribution in [1.29, 1.82) is 0 Å². The second kappa shape index (κ2) is 16.7. The van der Waals surface area contributed by atoms with Crippen LogP contribution < -0.4 is 38.5 Å². The molecule has 0 aliphatic carbocycles. The normalized spacial score (nSPS) is 18.4. The molecule has 0 aromatic heterocycles. The SMILES string of the molecule is CCC(C)C(NC(=O)C(CCCN=C(N)N)NC(=O)C1CCCN1)C(=O)NC(CCCCN)C(=O)O. The van der Waals surface area contributed by atoms with E-state index >= 15 is 0 Å². The number of hydrogen-bond donors (Lipinski definition) is 8. The number of carbonyl (C=O) groups excluding carboxylic acids is 3. The quantitative estimate of drug-likeness (QED) is 0.0643. The number of unbranched alkanes of at least 4 members (excludes halogenated alkanes) is 1. The highest BCUT2D eigenvalue weighted by atomic mass is 16.4. The van der Waals surface area contributed by atoms with Gasteiger partial charge >= 0.3 is 5.97 Å². The molecule has 0 aromatic carbocycles. The van der Waals surface area contributed by atoms with E-state index in [-0.39, 0.29) is 43.2 Å². The van der Waals surface area contributed by atoms with Gasteiger partial charge in [-0.1, -0.05) is 20.3 Å². The number of carboxylic acid groups (broad SMARTS) is 1. The Balaban J connectivity index is 2.95. The summed E-state index contributed by atoms with van der Waals surface area (Å²) in [7, 11) is 0. The van der Waals surface area contributed by atoms with Crippen molar-refractivity contribution in [3.8, 4) is 0 Å². The van der Waals surface area contributed by atoms with Gasteiger partial charge in [0.15, 0.2) is 5.96 Å². The summed E-state index contributed by atoms with van der Waals surface area (Å²) >= 11 is 0. The van der Waals surface area contributed by atoms with E-state index in [9.17, 15) is 24.3 Å². The van der Waals surface area contributed by atoms with Crippen LogP contribution in [0.15, 0.2) is 4.99 Å². The number of nitrogens with zero attached hydrogens (tertiary/aromatic N) is 1. The van der Waals surface area contributed by atoms with E-state index in [1.165, 1.54) is 0 Å². The predicted octanol–water partition coefficient (Wildman–Crippen LogP) is -1.49. The molecule has 1 aliphatic heterocycles. The number of carbonyl (C=O) groups is 4. The number of nitrogens with one attached hydrogen (secondary N) is 4. The van der Waals surface area contributed by atoms with Gasteiger partial charge in [-0.2, -0.15) is 0 Å². The highest BCUT2D eigenvalue weighted by Crippen LogP contribution is 2.12. The largest absolute Gasteiger partial charge is 0.480 e. The first-order valence-electron chi connectivity index (χ1n) is 12.7. The van der Waals surface area contributed by atoms with Gasteiger partial charge in [0.1, 0.15) is 18.1 Å². The molecule has 13 nitrogen and oxygen atoms in total. The Labute approximate surface area is 212 Å². The van der Waals surface area contributed by atoms with Crippen LogP contribution in [0.1, 0.15) is 65.2 Å². The Kier molecular flexibility index (Phi) is 14.4. The molecule has 206 valence electrons. The topological polar surface area (TPSA) is 227 Å². The van der Waals surface area contributed by atoms with E-state index in [1.54, 1.807) is 6.92 Å². The minimum absolute atomic E-state index is 0.0665. The summed E-state index contributed by atoms with van der Waals surface area (Å²) in [4.78, 5) is 54.5. The van der Waals surface area contributed by atoms with E-state index in [0.29, 0.717) is 38.6 Å². The van der Waals surface area contributed by atoms with Crippen LogP contribution in [0.4, 0.5) is 0 Å². The smallest absolute Gasteiger partial charge is 0.326 e. The molecule has 1 fully saturated rings. The number of hydrogen-bond acceptors (Lipinski definition) is 7. The molecule has 0 radical (unpaired) electrons. The van der Waals surface area contributed by atoms with Crippen molar-refractivity contribution in [3.05, 3.63) is 0 Å². The lowest BCUT2D eigenvalue weighted by Crippen LogP contribution is -2.58. The van der Waals surface area contributed by atoms with Crippen molar-refractivity contribution in [2.45, 2.75) is 89.4 Å². The zero-order chi connectivity index (χ0) is 27.1. The van der Waals surface area contributed by atoms with Crippen LogP contribution in [0, 0.1) is 5.92 Å². The highest BCUT2D eigenvalue weighted by molar-refractivity contribution is 5.94. The number of aliphatic imine (C=N–C) groups is 1. The number of aliphatic carboxylic acids is 1. The Bertz CT molecular complexity index is 753. The van der Waals surface area contributed by atoms with Gasteiger partial charge in [0.25, 0.3) is 0 Å². The number of rotatable bonds is 17. The molecular weight excluding hydrogens is 468 g/mol. The van der Waals surface area contributed by atoms with Crippen molar-refractivity contribution in [3.63, 3.8) is 0 Å². The van der Waals surface area contributed by atoms with Crippen molar-refractivity contribution in [1.82, 2.24) is 21.3 Å². The van der Waals surface area contributed by atoms with E-state index < -0.39 is 35.9 Å². The minimum Gasteiger partial charge on any atom is -0.480 e. The minimum atomic E-state index is -1.15. The van der Waals surface area contributed by atoms with Crippen LogP contribution in [0.2, 0.25) is 0 Å². The summed E-state index contributed by atoms with van der Waals surface area (Å²) in [5.74, 6) is -2.89. The maximum absolute atomic E-state index is 13.2. The van der Waals surface area contributed by atoms with Gasteiger partial charge < -0.3 is 43.6 Å². The van der Waals surface area contributed by atoms with E-state index in [4.69, 9.17) is 17.2 Å². The second-order valence-corrected chi connectivity index (χ2v) is 9.21. The highest BCUT2D eigenvalue weighted by Gasteiger charge is 2.33. The fourth-order valence-electron chi connectivity index (χ4n) is 3.92. The number of amides is 3.